The normalized spacial score (nSPS) is 22.5. The van der Waals surface area contributed by atoms with Gasteiger partial charge in [0, 0.05) is 12.5 Å². The predicted molar refractivity (Wildman–Crippen MR) is 77.0 cm³/mol. The van der Waals surface area contributed by atoms with Crippen molar-refractivity contribution in [3.05, 3.63) is 17.8 Å². The molecule has 0 N–H and O–H groups in total. The molecule has 0 spiro atoms. The monoisotopic (exact) mass is 281 g/mol. The summed E-state index contributed by atoms with van der Waals surface area (Å²) in [5.41, 5.74) is 1.03. The molecule has 4 nitrogen and oxygen atoms in total. The molecule has 2 heterocycles. The van der Waals surface area contributed by atoms with Crippen molar-refractivity contribution in [1.29, 1.82) is 0 Å². The molecule has 1 atom stereocenters. The van der Waals surface area contributed by atoms with E-state index in [9.17, 15) is 4.21 Å². The number of rotatable bonds is 2. The van der Waals surface area contributed by atoms with E-state index in [4.69, 9.17) is 9.31 Å². The van der Waals surface area contributed by atoms with Gasteiger partial charge in [-0.2, -0.15) is 0 Å². The van der Waals surface area contributed by atoms with Crippen molar-refractivity contribution in [2.45, 2.75) is 50.8 Å². The summed E-state index contributed by atoms with van der Waals surface area (Å²) in [5.74, 6) is 0. The highest BCUT2D eigenvalue weighted by Crippen LogP contribution is 2.36. The Morgan fingerprint density at radius 2 is 1.74 bits per heavy atom. The third kappa shape index (κ3) is 2.49. The Labute approximate surface area is 117 Å². The molecule has 1 aromatic heterocycles. The molecule has 1 aliphatic rings. The molecule has 1 saturated heterocycles. The SMILES string of the molecule is Cc1c(B2OC(C)(C)C(C)(C)O2)ccnc1S(C)=O. The van der Waals surface area contributed by atoms with Gasteiger partial charge in [-0.25, -0.2) is 4.98 Å². The molecule has 104 valence electrons. The van der Waals surface area contributed by atoms with Crippen molar-refractivity contribution in [3.8, 4) is 0 Å². The van der Waals surface area contributed by atoms with Crippen molar-refractivity contribution in [1.82, 2.24) is 4.98 Å². The quantitative estimate of drug-likeness (QED) is 0.769. The van der Waals surface area contributed by atoms with E-state index in [0.29, 0.717) is 5.03 Å². The second kappa shape index (κ2) is 4.68. The molecule has 1 unspecified atom stereocenters. The highest BCUT2D eigenvalue weighted by molar-refractivity contribution is 7.84. The van der Waals surface area contributed by atoms with Gasteiger partial charge in [-0.1, -0.05) is 0 Å². The summed E-state index contributed by atoms with van der Waals surface area (Å²) < 4.78 is 23.7. The molecule has 0 aliphatic carbocycles. The van der Waals surface area contributed by atoms with E-state index in [-0.39, 0.29) is 11.2 Å². The van der Waals surface area contributed by atoms with Gasteiger partial charge in [-0.3, -0.25) is 4.21 Å². The maximum atomic E-state index is 11.7. The van der Waals surface area contributed by atoms with Crippen LogP contribution in [0.25, 0.3) is 0 Å². The molecule has 19 heavy (non-hydrogen) atoms. The third-order valence-corrected chi connectivity index (χ3v) is 4.94. The average Bonchev–Trinajstić information content (AvgIpc) is 2.47. The molecular formula is C13H20BNO3S. The third-order valence-electron chi connectivity index (χ3n) is 3.98. The van der Waals surface area contributed by atoms with Crippen molar-refractivity contribution >= 4 is 23.4 Å². The molecule has 0 aromatic carbocycles. The highest BCUT2D eigenvalue weighted by Gasteiger charge is 2.52. The fourth-order valence-electron chi connectivity index (χ4n) is 2.05. The fraction of sp³-hybridized carbons (Fsp3) is 0.615. The van der Waals surface area contributed by atoms with E-state index in [1.165, 1.54) is 0 Å². The van der Waals surface area contributed by atoms with Gasteiger partial charge in [0.15, 0.2) is 0 Å². The lowest BCUT2D eigenvalue weighted by Crippen LogP contribution is -2.41. The summed E-state index contributed by atoms with van der Waals surface area (Å²) in [7, 11) is -1.55. The Bertz CT molecular complexity index is 515. The zero-order valence-corrected chi connectivity index (χ0v) is 13.1. The smallest absolute Gasteiger partial charge is 0.399 e. The molecule has 0 bridgehead atoms. The summed E-state index contributed by atoms with van der Waals surface area (Å²) in [4.78, 5) is 4.17. The number of hydrogen-bond donors (Lipinski definition) is 0. The molecule has 1 aliphatic heterocycles. The van der Waals surface area contributed by atoms with E-state index in [2.05, 4.69) is 4.98 Å². The Balaban J connectivity index is 2.40. The topological polar surface area (TPSA) is 48.4 Å². The first kappa shape index (κ1) is 14.7. The van der Waals surface area contributed by atoms with Gasteiger partial charge in [-0.05, 0) is 51.7 Å². The van der Waals surface area contributed by atoms with Gasteiger partial charge >= 0.3 is 7.12 Å². The van der Waals surface area contributed by atoms with E-state index < -0.39 is 17.9 Å². The minimum Gasteiger partial charge on any atom is -0.399 e. The van der Waals surface area contributed by atoms with Crippen LogP contribution in [0.5, 0.6) is 0 Å². The largest absolute Gasteiger partial charge is 0.495 e. The van der Waals surface area contributed by atoms with Crippen molar-refractivity contribution in [3.63, 3.8) is 0 Å². The lowest BCUT2D eigenvalue weighted by Gasteiger charge is -2.32. The van der Waals surface area contributed by atoms with Crippen LogP contribution in [-0.2, 0) is 20.1 Å². The van der Waals surface area contributed by atoms with E-state index in [1.807, 2.05) is 40.7 Å². The zero-order valence-electron chi connectivity index (χ0n) is 12.3. The Morgan fingerprint density at radius 1 is 1.21 bits per heavy atom. The van der Waals surface area contributed by atoms with Crippen LogP contribution in [0, 0.1) is 6.92 Å². The molecule has 2 rings (SSSR count). The average molecular weight is 281 g/mol. The maximum absolute atomic E-state index is 11.7. The maximum Gasteiger partial charge on any atom is 0.495 e. The number of aromatic nitrogens is 1. The molecule has 0 amide bonds. The van der Waals surface area contributed by atoms with Gasteiger partial charge in [0.1, 0.15) is 5.03 Å². The minimum atomic E-state index is -1.11. The fourth-order valence-corrected chi connectivity index (χ4v) is 2.80. The zero-order chi connectivity index (χ0) is 14.4. The molecule has 0 radical (unpaired) electrons. The highest BCUT2D eigenvalue weighted by atomic mass is 32.2. The van der Waals surface area contributed by atoms with Gasteiger partial charge in [0.2, 0.25) is 0 Å². The molecular weight excluding hydrogens is 261 g/mol. The van der Waals surface area contributed by atoms with Crippen molar-refractivity contribution in [2.75, 3.05) is 6.26 Å². The van der Waals surface area contributed by atoms with E-state index in [1.54, 1.807) is 12.5 Å². The van der Waals surface area contributed by atoms with Crippen LogP contribution in [0.3, 0.4) is 0 Å². The number of hydrogen-bond acceptors (Lipinski definition) is 4. The van der Waals surface area contributed by atoms with Crippen LogP contribution in [0.4, 0.5) is 0 Å². The first-order chi connectivity index (χ1) is 8.66. The van der Waals surface area contributed by atoms with Crippen LogP contribution in [0.15, 0.2) is 17.3 Å². The first-order valence-corrected chi connectivity index (χ1v) is 7.86. The molecule has 1 aromatic rings. The van der Waals surface area contributed by atoms with Gasteiger partial charge in [0.05, 0.1) is 22.0 Å². The lowest BCUT2D eigenvalue weighted by atomic mass is 9.77. The van der Waals surface area contributed by atoms with E-state index >= 15 is 0 Å². The summed E-state index contributed by atoms with van der Waals surface area (Å²) in [5, 5.41) is 0.590. The summed E-state index contributed by atoms with van der Waals surface area (Å²) in [6, 6.07) is 1.87. The van der Waals surface area contributed by atoms with Gasteiger partial charge < -0.3 is 9.31 Å². The number of pyridine rings is 1. The second-order valence-electron chi connectivity index (χ2n) is 5.87. The van der Waals surface area contributed by atoms with Gasteiger partial charge in [-0.15, -0.1) is 0 Å². The molecule has 1 fully saturated rings. The minimum absolute atomic E-state index is 0.376. The predicted octanol–water partition coefficient (Wildman–Crippen LogP) is 1.43. The van der Waals surface area contributed by atoms with Crippen molar-refractivity contribution in [2.24, 2.45) is 0 Å². The Hall–Kier alpha value is -0.715. The van der Waals surface area contributed by atoms with Crippen LogP contribution in [-0.4, -0.2) is 33.8 Å². The Kier molecular flexibility index (Phi) is 3.62. The lowest BCUT2D eigenvalue weighted by molar-refractivity contribution is 0.00578. The molecule has 0 saturated carbocycles. The second-order valence-corrected chi connectivity index (χ2v) is 7.17. The van der Waals surface area contributed by atoms with Crippen LogP contribution in [0.2, 0.25) is 0 Å². The Morgan fingerprint density at radius 3 is 2.21 bits per heavy atom. The standard InChI is InChI=1S/C13H20BNO3S/c1-9-10(7-8-15-11(9)19(6)16)14-17-12(2,3)13(4,5)18-14/h7-8H,1-6H3. The van der Waals surface area contributed by atoms with Gasteiger partial charge in [0.25, 0.3) is 0 Å². The van der Waals surface area contributed by atoms with Crippen LogP contribution >= 0.6 is 0 Å². The van der Waals surface area contributed by atoms with E-state index in [0.717, 1.165) is 11.0 Å². The summed E-state index contributed by atoms with van der Waals surface area (Å²) in [6.07, 6.45) is 3.29. The first-order valence-electron chi connectivity index (χ1n) is 6.30. The number of nitrogens with zero attached hydrogens (tertiary/aromatic N) is 1. The molecule has 6 heteroatoms. The summed E-state index contributed by atoms with van der Waals surface area (Å²) >= 11 is 0. The van der Waals surface area contributed by atoms with Crippen LogP contribution < -0.4 is 5.46 Å². The van der Waals surface area contributed by atoms with Crippen LogP contribution in [0.1, 0.15) is 33.3 Å². The summed E-state index contributed by atoms with van der Waals surface area (Å²) in [6.45, 7) is 9.97. The van der Waals surface area contributed by atoms with Crippen molar-refractivity contribution < 1.29 is 13.5 Å².